The van der Waals surface area contributed by atoms with E-state index in [0.29, 0.717) is 11.1 Å². The van der Waals surface area contributed by atoms with E-state index in [1.807, 2.05) is 27.7 Å². The molecule has 3 heteroatoms. The van der Waals surface area contributed by atoms with Crippen molar-refractivity contribution in [3.05, 3.63) is 40.3 Å². The van der Waals surface area contributed by atoms with Crippen molar-refractivity contribution >= 4 is 18.4 Å². The van der Waals surface area contributed by atoms with Crippen LogP contribution in [0.1, 0.15) is 38.1 Å². The number of carbonyl (C=O) groups is 1. The second kappa shape index (κ2) is 5.61. The largest absolute Gasteiger partial charge is 0.497 e. The van der Waals surface area contributed by atoms with Crippen molar-refractivity contribution in [2.45, 2.75) is 27.7 Å². The zero-order chi connectivity index (χ0) is 13.9. The highest BCUT2D eigenvalue weighted by Gasteiger charge is 2.20. The Morgan fingerprint density at radius 3 is 2.06 bits per heavy atom. The van der Waals surface area contributed by atoms with E-state index in [1.165, 1.54) is 0 Å². The van der Waals surface area contributed by atoms with Gasteiger partial charge in [0.25, 0.3) is 0 Å². The van der Waals surface area contributed by atoms with Crippen molar-refractivity contribution < 1.29 is 9.53 Å². The van der Waals surface area contributed by atoms with E-state index in [9.17, 15) is 4.79 Å². The highest BCUT2D eigenvalue weighted by molar-refractivity contribution is 7.84. The van der Waals surface area contributed by atoms with Crippen molar-refractivity contribution in [2.24, 2.45) is 5.41 Å². The minimum atomic E-state index is -0.116. The van der Waals surface area contributed by atoms with Gasteiger partial charge in [-0.1, -0.05) is 20.8 Å². The fraction of sp³-hybridized carbons (Fsp3) is 0.400. The molecule has 18 heavy (non-hydrogen) atoms. The van der Waals surface area contributed by atoms with Gasteiger partial charge < -0.3 is 4.74 Å². The predicted molar refractivity (Wildman–Crippen MR) is 78.5 cm³/mol. The third-order valence-electron chi connectivity index (χ3n) is 2.76. The number of ether oxygens (including phenoxy) is 1. The molecule has 1 rings (SSSR count). The van der Waals surface area contributed by atoms with Crippen LogP contribution in [0.15, 0.2) is 34.7 Å². The van der Waals surface area contributed by atoms with Gasteiger partial charge in [-0.3, -0.25) is 4.79 Å². The van der Waals surface area contributed by atoms with E-state index < -0.39 is 0 Å². The summed E-state index contributed by atoms with van der Waals surface area (Å²) in [6.45, 7) is 7.94. The van der Waals surface area contributed by atoms with Gasteiger partial charge in [0.2, 0.25) is 0 Å². The fourth-order valence-electron chi connectivity index (χ4n) is 1.63. The van der Waals surface area contributed by atoms with Gasteiger partial charge in [0.05, 0.1) is 7.11 Å². The zero-order valence-electron chi connectivity index (χ0n) is 11.6. The molecule has 0 amide bonds. The lowest BCUT2D eigenvalue weighted by Crippen LogP contribution is -2.11. The maximum Gasteiger partial charge on any atom is 0.189 e. The number of ketones is 1. The average molecular weight is 264 g/mol. The number of thiol groups is 1. The van der Waals surface area contributed by atoms with Crippen LogP contribution < -0.4 is 4.74 Å². The van der Waals surface area contributed by atoms with Gasteiger partial charge in [-0.15, -0.1) is 12.6 Å². The van der Waals surface area contributed by atoms with Crippen molar-refractivity contribution in [2.75, 3.05) is 7.11 Å². The smallest absolute Gasteiger partial charge is 0.189 e. The van der Waals surface area contributed by atoms with Crippen LogP contribution in [0.4, 0.5) is 0 Å². The molecule has 0 aromatic heterocycles. The molecule has 2 nitrogen and oxygen atoms in total. The van der Waals surface area contributed by atoms with E-state index in [-0.39, 0.29) is 11.2 Å². The molecule has 1 aromatic rings. The topological polar surface area (TPSA) is 26.3 Å². The Hall–Kier alpha value is -1.22. The zero-order valence-corrected chi connectivity index (χ0v) is 12.5. The molecule has 0 unspecified atom stereocenters. The SMILES string of the molecule is COc1ccc(C(=O)C(C)=C(S)C(C)(C)C)cc1. The molecule has 0 aliphatic heterocycles. The fourth-order valence-corrected chi connectivity index (χ4v) is 1.73. The number of rotatable bonds is 3. The Kier molecular flexibility index (Phi) is 4.63. The van der Waals surface area contributed by atoms with Gasteiger partial charge in [-0.2, -0.15) is 0 Å². The molecule has 0 N–H and O–H groups in total. The second-order valence-corrected chi connectivity index (χ2v) is 5.73. The van der Waals surface area contributed by atoms with E-state index in [1.54, 1.807) is 31.4 Å². The summed E-state index contributed by atoms with van der Waals surface area (Å²) >= 11 is 4.47. The first-order chi connectivity index (χ1) is 8.27. The van der Waals surface area contributed by atoms with E-state index >= 15 is 0 Å². The molecule has 0 radical (unpaired) electrons. The molecule has 0 saturated heterocycles. The van der Waals surface area contributed by atoms with E-state index in [4.69, 9.17) is 4.74 Å². The maximum absolute atomic E-state index is 12.3. The Morgan fingerprint density at radius 2 is 1.67 bits per heavy atom. The minimum Gasteiger partial charge on any atom is -0.497 e. The van der Waals surface area contributed by atoms with Crippen LogP contribution in [0.2, 0.25) is 0 Å². The Bertz CT molecular complexity index is 464. The van der Waals surface area contributed by atoms with Gasteiger partial charge in [0.15, 0.2) is 5.78 Å². The molecular weight excluding hydrogens is 244 g/mol. The average Bonchev–Trinajstić information content (AvgIpc) is 2.35. The number of hydrogen-bond donors (Lipinski definition) is 1. The summed E-state index contributed by atoms with van der Waals surface area (Å²) in [6, 6.07) is 7.12. The maximum atomic E-state index is 12.3. The number of carbonyl (C=O) groups excluding carboxylic acids is 1. The quantitative estimate of drug-likeness (QED) is 0.505. The number of Topliss-reactive ketones (excluding diaryl/α,β-unsaturated/α-hetero) is 1. The molecule has 0 fully saturated rings. The second-order valence-electron chi connectivity index (χ2n) is 5.28. The molecule has 1 aromatic carbocycles. The van der Waals surface area contributed by atoms with Gasteiger partial charge in [-0.25, -0.2) is 0 Å². The standard InChI is InChI=1S/C15H20O2S/c1-10(14(18)15(2,3)4)13(16)11-6-8-12(17-5)9-7-11/h6-9,18H,1-5H3. The first-order valence-electron chi connectivity index (χ1n) is 5.86. The van der Waals surface area contributed by atoms with Crippen molar-refractivity contribution in [3.8, 4) is 5.75 Å². The molecule has 0 spiro atoms. The number of benzene rings is 1. The van der Waals surface area contributed by atoms with Crippen LogP contribution in [0.25, 0.3) is 0 Å². The van der Waals surface area contributed by atoms with Gasteiger partial charge in [0, 0.05) is 11.1 Å². The molecule has 98 valence electrons. The summed E-state index contributed by atoms with van der Waals surface area (Å²) in [6.07, 6.45) is 0. The molecule has 0 bridgehead atoms. The van der Waals surface area contributed by atoms with Crippen LogP contribution in [0.5, 0.6) is 5.75 Å². The van der Waals surface area contributed by atoms with Gasteiger partial charge in [-0.05, 0) is 41.5 Å². The van der Waals surface area contributed by atoms with Crippen LogP contribution in [0, 0.1) is 5.41 Å². The highest BCUT2D eigenvalue weighted by atomic mass is 32.1. The third-order valence-corrected chi connectivity index (χ3v) is 3.76. The lowest BCUT2D eigenvalue weighted by Gasteiger charge is -2.21. The first-order valence-corrected chi connectivity index (χ1v) is 6.31. The Labute approximate surface area is 114 Å². The highest BCUT2D eigenvalue weighted by Crippen LogP contribution is 2.32. The summed E-state index contributed by atoms with van der Waals surface area (Å²) in [5.74, 6) is 0.757. The molecular formula is C15H20O2S. The van der Waals surface area contributed by atoms with Crippen LogP contribution in [-0.4, -0.2) is 12.9 Å². The number of allylic oxidation sites excluding steroid dienone is 2. The normalized spacial score (nSPS) is 13.0. The first kappa shape index (κ1) is 14.8. The van der Waals surface area contributed by atoms with E-state index in [2.05, 4.69) is 12.6 Å². The summed E-state index contributed by atoms with van der Waals surface area (Å²) in [5.41, 5.74) is 1.23. The number of methoxy groups -OCH3 is 1. The van der Waals surface area contributed by atoms with Crippen molar-refractivity contribution in [1.82, 2.24) is 0 Å². The number of hydrogen-bond acceptors (Lipinski definition) is 3. The van der Waals surface area contributed by atoms with Gasteiger partial charge >= 0.3 is 0 Å². The Balaban J connectivity index is 3.07. The van der Waals surface area contributed by atoms with E-state index in [0.717, 1.165) is 10.7 Å². The monoisotopic (exact) mass is 264 g/mol. The molecule has 0 aliphatic rings. The lowest BCUT2D eigenvalue weighted by atomic mass is 9.91. The Morgan fingerprint density at radius 1 is 1.17 bits per heavy atom. The summed E-state index contributed by atoms with van der Waals surface area (Å²) in [4.78, 5) is 13.1. The van der Waals surface area contributed by atoms with Crippen molar-refractivity contribution in [3.63, 3.8) is 0 Å². The van der Waals surface area contributed by atoms with Crippen LogP contribution in [0.3, 0.4) is 0 Å². The lowest BCUT2D eigenvalue weighted by molar-refractivity contribution is 0.103. The molecule has 0 saturated carbocycles. The molecule has 0 atom stereocenters. The van der Waals surface area contributed by atoms with Crippen molar-refractivity contribution in [1.29, 1.82) is 0 Å². The summed E-state index contributed by atoms with van der Waals surface area (Å²) in [7, 11) is 1.60. The summed E-state index contributed by atoms with van der Waals surface area (Å²) in [5, 5.41) is 0. The predicted octanol–water partition coefficient (Wildman–Crippen LogP) is 4.13. The molecule has 0 heterocycles. The minimum absolute atomic E-state index is 0.0116. The van der Waals surface area contributed by atoms with Crippen LogP contribution in [-0.2, 0) is 0 Å². The van der Waals surface area contributed by atoms with Crippen LogP contribution >= 0.6 is 12.6 Å². The molecule has 0 aliphatic carbocycles. The summed E-state index contributed by atoms with van der Waals surface area (Å²) < 4.78 is 5.07. The van der Waals surface area contributed by atoms with Gasteiger partial charge in [0.1, 0.15) is 5.75 Å². The third kappa shape index (κ3) is 3.39.